The standard InChI is InChI=1S/C40H48N12O6/c1-47-13-14-50(40(47)58)27-4-2-3-24(15-27)31-18-42-34(35(41)54)36(45-31)44-25-17-43-51(20-25)28-21-48(22-28)19-23-9-11-49(12-10-23)26-5-6-29-30(16-26)39(57)52(38(29)56)32-7-8-33(53)46-37(32)55/h5-6,16-18,20,23-24,27-28,32H,2-4,7-15,19,21-22H2,1H3,(H2,41,54)(H,44,45)(H,46,53,55)/t24?,27-,32-/m1/s1. The second kappa shape index (κ2) is 15.1. The number of urea groups is 1. The van der Waals surface area contributed by atoms with Crippen LogP contribution >= 0.6 is 0 Å². The van der Waals surface area contributed by atoms with E-state index in [-0.39, 0.29) is 48.1 Å². The molecule has 1 saturated carbocycles. The predicted octanol–water partition coefficient (Wildman–Crippen LogP) is 2.08. The Morgan fingerprint density at radius 1 is 0.931 bits per heavy atom. The molecule has 7 heterocycles. The molecular formula is C40H48N12O6. The number of rotatable bonds is 10. The van der Waals surface area contributed by atoms with Gasteiger partial charge in [0.15, 0.2) is 11.5 Å². The van der Waals surface area contributed by atoms with Crippen molar-refractivity contribution in [1.82, 2.24) is 44.7 Å². The number of hydrogen-bond donors (Lipinski definition) is 3. The molecule has 5 aliphatic heterocycles. The summed E-state index contributed by atoms with van der Waals surface area (Å²) >= 11 is 0. The van der Waals surface area contributed by atoms with Crippen molar-refractivity contribution >= 4 is 52.8 Å². The van der Waals surface area contributed by atoms with E-state index in [9.17, 15) is 28.8 Å². The van der Waals surface area contributed by atoms with Crippen LogP contribution in [0.2, 0.25) is 0 Å². The Labute approximate surface area is 335 Å². The smallest absolute Gasteiger partial charge is 0.320 e. The van der Waals surface area contributed by atoms with E-state index in [4.69, 9.17) is 10.7 Å². The number of aromatic nitrogens is 4. The lowest BCUT2D eigenvalue weighted by Gasteiger charge is -2.43. The normalized spacial score (nSPS) is 24.7. The molecular weight excluding hydrogens is 745 g/mol. The number of anilines is 3. The van der Waals surface area contributed by atoms with Gasteiger partial charge in [0.1, 0.15) is 6.04 Å². The van der Waals surface area contributed by atoms with Crippen LogP contribution in [0.1, 0.15) is 100 Å². The van der Waals surface area contributed by atoms with Crippen molar-refractivity contribution in [1.29, 1.82) is 0 Å². The van der Waals surface area contributed by atoms with E-state index in [1.807, 2.05) is 28.9 Å². The van der Waals surface area contributed by atoms with Gasteiger partial charge >= 0.3 is 6.03 Å². The summed E-state index contributed by atoms with van der Waals surface area (Å²) in [5, 5.41) is 10.1. The Balaban J connectivity index is 0.766. The first-order chi connectivity index (χ1) is 28.0. The van der Waals surface area contributed by atoms with E-state index in [1.54, 1.807) is 29.4 Å². The van der Waals surface area contributed by atoms with Crippen molar-refractivity contribution in [3.05, 3.63) is 59.3 Å². The minimum atomic E-state index is -0.981. The molecule has 1 unspecified atom stereocenters. The molecule has 3 atom stereocenters. The molecule has 4 N–H and O–H groups in total. The second-order valence-corrected chi connectivity index (χ2v) is 16.6. The molecule has 5 fully saturated rings. The molecule has 304 valence electrons. The number of nitrogens with two attached hydrogens (primary N) is 1. The molecule has 0 bridgehead atoms. The third kappa shape index (κ3) is 7.02. The van der Waals surface area contributed by atoms with E-state index < -0.39 is 35.6 Å². The molecule has 0 radical (unpaired) electrons. The lowest BCUT2D eigenvalue weighted by Crippen LogP contribution is -2.54. The van der Waals surface area contributed by atoms with Crippen molar-refractivity contribution in [2.75, 3.05) is 63.1 Å². The van der Waals surface area contributed by atoms with Crippen LogP contribution < -0.4 is 21.3 Å². The molecule has 4 saturated heterocycles. The first-order valence-corrected chi connectivity index (χ1v) is 20.3. The maximum Gasteiger partial charge on any atom is 0.320 e. The van der Waals surface area contributed by atoms with E-state index in [2.05, 4.69) is 30.5 Å². The Morgan fingerprint density at radius 2 is 1.72 bits per heavy atom. The van der Waals surface area contributed by atoms with E-state index >= 15 is 0 Å². The minimum absolute atomic E-state index is 0.0669. The summed E-state index contributed by atoms with van der Waals surface area (Å²) in [6.07, 6.45) is 11.1. The monoisotopic (exact) mass is 792 g/mol. The lowest BCUT2D eigenvalue weighted by molar-refractivity contribution is -0.136. The van der Waals surface area contributed by atoms with Gasteiger partial charge in [-0.05, 0) is 62.6 Å². The molecule has 3 aromatic rings. The molecule has 2 aromatic heterocycles. The van der Waals surface area contributed by atoms with Crippen LogP contribution in [0.4, 0.5) is 22.0 Å². The van der Waals surface area contributed by atoms with Gasteiger partial charge in [0.25, 0.3) is 17.7 Å². The van der Waals surface area contributed by atoms with Gasteiger partial charge < -0.3 is 25.8 Å². The number of primary amides is 1. The molecule has 18 heteroatoms. The van der Waals surface area contributed by atoms with Gasteiger partial charge in [-0.25, -0.2) is 14.8 Å². The third-order valence-electron chi connectivity index (χ3n) is 12.9. The lowest BCUT2D eigenvalue weighted by atomic mass is 9.83. The molecule has 9 rings (SSSR count). The summed E-state index contributed by atoms with van der Waals surface area (Å²) in [5.41, 5.74) is 8.70. The van der Waals surface area contributed by atoms with E-state index in [0.29, 0.717) is 23.0 Å². The first kappa shape index (κ1) is 37.7. The summed E-state index contributed by atoms with van der Waals surface area (Å²) in [7, 11) is 1.84. The van der Waals surface area contributed by atoms with Crippen molar-refractivity contribution in [3.63, 3.8) is 0 Å². The number of benzene rings is 1. The Hall–Kier alpha value is -5.91. The number of likely N-dealkylation sites (tertiary alicyclic amines) is 1. The van der Waals surface area contributed by atoms with Gasteiger partial charge in [-0.1, -0.05) is 6.42 Å². The number of carbonyl (C=O) groups is 6. The van der Waals surface area contributed by atoms with Gasteiger partial charge in [0, 0.05) is 89.3 Å². The SMILES string of the molecule is CN1CCN([C@@H]2CCCC(c3cnc(C(N)=O)c(Nc4cnn(C5CN(CC6CCN(c7ccc8c(c7)C(=O)N([C@@H]7CCC(=O)NC7=O)C8=O)CC6)C5)c4)n3)C2)C1=O. The fourth-order valence-electron chi connectivity index (χ4n) is 9.58. The highest BCUT2D eigenvalue weighted by molar-refractivity contribution is 6.23. The number of carbonyl (C=O) groups excluding carboxylic acids is 6. The predicted molar refractivity (Wildman–Crippen MR) is 209 cm³/mol. The Kier molecular flexibility index (Phi) is 9.81. The third-order valence-corrected chi connectivity index (χ3v) is 12.9. The minimum Gasteiger partial charge on any atom is -0.371 e. The number of likely N-dealkylation sites (N-methyl/N-ethyl adjacent to an activating group) is 1. The zero-order chi connectivity index (χ0) is 40.2. The van der Waals surface area contributed by atoms with Gasteiger partial charge in [0.05, 0.1) is 34.7 Å². The van der Waals surface area contributed by atoms with Crippen LogP contribution in [0.15, 0.2) is 36.8 Å². The van der Waals surface area contributed by atoms with Crippen LogP contribution in [0.3, 0.4) is 0 Å². The molecule has 18 nitrogen and oxygen atoms in total. The zero-order valence-electron chi connectivity index (χ0n) is 32.5. The maximum absolute atomic E-state index is 13.3. The van der Waals surface area contributed by atoms with Crippen LogP contribution in [-0.4, -0.2) is 140 Å². The Morgan fingerprint density at radius 3 is 2.47 bits per heavy atom. The van der Waals surface area contributed by atoms with E-state index in [0.717, 1.165) is 101 Å². The van der Waals surface area contributed by atoms with Gasteiger partial charge in [0.2, 0.25) is 11.8 Å². The number of piperidine rings is 2. The molecule has 6 aliphatic rings. The van der Waals surface area contributed by atoms with Gasteiger partial charge in [-0.2, -0.15) is 5.10 Å². The fraction of sp³-hybridized carbons (Fsp3) is 0.525. The summed E-state index contributed by atoms with van der Waals surface area (Å²) in [5.74, 6) is -1.74. The molecule has 0 spiro atoms. The number of amides is 7. The fourth-order valence-corrected chi connectivity index (χ4v) is 9.58. The number of imide groups is 2. The average molecular weight is 793 g/mol. The van der Waals surface area contributed by atoms with Crippen LogP contribution in [0, 0.1) is 5.92 Å². The summed E-state index contributed by atoms with van der Waals surface area (Å²) in [6.45, 7) is 5.83. The van der Waals surface area contributed by atoms with Gasteiger partial charge in [-0.15, -0.1) is 0 Å². The van der Waals surface area contributed by atoms with Crippen molar-refractivity contribution < 1.29 is 28.8 Å². The topological polar surface area (TPSA) is 212 Å². The number of nitrogens with zero attached hydrogens (tertiary/aromatic N) is 9. The summed E-state index contributed by atoms with van der Waals surface area (Å²) < 4.78 is 1.94. The second-order valence-electron chi connectivity index (χ2n) is 16.6. The zero-order valence-corrected chi connectivity index (χ0v) is 32.5. The maximum atomic E-state index is 13.3. The van der Waals surface area contributed by atoms with Gasteiger partial charge in [-0.3, -0.25) is 43.8 Å². The largest absolute Gasteiger partial charge is 0.371 e. The molecule has 58 heavy (non-hydrogen) atoms. The number of fused-ring (bicyclic) bond motifs is 1. The number of hydrogen-bond acceptors (Lipinski definition) is 12. The van der Waals surface area contributed by atoms with Crippen molar-refractivity contribution in [3.8, 4) is 0 Å². The first-order valence-electron chi connectivity index (χ1n) is 20.3. The summed E-state index contributed by atoms with van der Waals surface area (Å²) in [4.78, 5) is 94.2. The van der Waals surface area contributed by atoms with E-state index in [1.165, 1.54) is 0 Å². The highest BCUT2D eigenvalue weighted by atomic mass is 16.2. The van der Waals surface area contributed by atoms with Crippen molar-refractivity contribution in [2.45, 2.75) is 75.4 Å². The van der Waals surface area contributed by atoms with Crippen LogP contribution in [0.5, 0.6) is 0 Å². The number of nitrogens with one attached hydrogen (secondary N) is 2. The quantitative estimate of drug-likeness (QED) is 0.252. The van der Waals surface area contributed by atoms with Crippen LogP contribution in [-0.2, 0) is 9.59 Å². The van der Waals surface area contributed by atoms with Crippen LogP contribution in [0.25, 0.3) is 0 Å². The highest BCUT2D eigenvalue weighted by Crippen LogP contribution is 2.37. The average Bonchev–Trinajstić information content (AvgIpc) is 3.87. The Bertz CT molecular complexity index is 2180. The highest BCUT2D eigenvalue weighted by Gasteiger charge is 2.45. The molecule has 1 aromatic carbocycles. The van der Waals surface area contributed by atoms with Crippen molar-refractivity contribution in [2.24, 2.45) is 11.7 Å². The molecule has 1 aliphatic carbocycles. The molecule has 7 amide bonds. The summed E-state index contributed by atoms with van der Waals surface area (Å²) in [6, 6.07) is 4.76.